The average molecular weight is 366 g/mol. The van der Waals surface area contributed by atoms with Gasteiger partial charge in [-0.05, 0) is 61.7 Å². The normalized spacial score (nSPS) is 19.7. The van der Waals surface area contributed by atoms with Gasteiger partial charge >= 0.3 is 11.7 Å². The molecule has 3 amide bonds. The Hall–Kier alpha value is -3.35. The van der Waals surface area contributed by atoms with Crippen LogP contribution < -0.4 is 10.9 Å². The number of imide groups is 1. The quantitative estimate of drug-likeness (QED) is 0.568. The minimum atomic E-state index is -1.28. The highest BCUT2D eigenvalue weighted by Gasteiger charge is 2.51. The van der Waals surface area contributed by atoms with Crippen LogP contribution in [0.4, 0.5) is 4.79 Å². The summed E-state index contributed by atoms with van der Waals surface area (Å²) in [4.78, 5) is 38.5. The van der Waals surface area contributed by atoms with Crippen LogP contribution in [0.5, 0.6) is 0 Å². The van der Waals surface area contributed by atoms with Gasteiger partial charge in [0.2, 0.25) is 0 Å². The van der Waals surface area contributed by atoms with E-state index in [2.05, 4.69) is 5.32 Å². The molecular weight excluding hydrogens is 348 g/mol. The van der Waals surface area contributed by atoms with Crippen LogP contribution in [0, 0.1) is 13.8 Å². The molecule has 1 fully saturated rings. The first-order chi connectivity index (χ1) is 12.8. The summed E-state index contributed by atoms with van der Waals surface area (Å²) in [5.74, 6) is -0.0834. The van der Waals surface area contributed by atoms with Crippen molar-refractivity contribution in [3.05, 3.63) is 69.5 Å². The van der Waals surface area contributed by atoms with Crippen LogP contribution in [0.2, 0.25) is 0 Å². The number of hydrogen-bond donors (Lipinski definition) is 1. The number of carbonyl (C=O) groups excluding carboxylic acids is 2. The Labute approximate surface area is 154 Å². The van der Waals surface area contributed by atoms with Crippen molar-refractivity contribution in [2.75, 3.05) is 0 Å². The Kier molecular flexibility index (Phi) is 3.69. The van der Waals surface area contributed by atoms with Gasteiger partial charge in [0, 0.05) is 11.5 Å². The van der Waals surface area contributed by atoms with E-state index < -0.39 is 23.1 Å². The number of nitrogens with zero attached hydrogens (tertiary/aromatic N) is 1. The zero-order valence-corrected chi connectivity index (χ0v) is 15.2. The van der Waals surface area contributed by atoms with Crippen molar-refractivity contribution in [1.82, 2.24) is 10.2 Å². The molecule has 0 radical (unpaired) electrons. The minimum absolute atomic E-state index is 0.0361. The van der Waals surface area contributed by atoms with E-state index >= 15 is 0 Å². The largest absolute Gasteiger partial charge is 0.466 e. The Morgan fingerprint density at radius 3 is 2.56 bits per heavy atom. The molecule has 3 heterocycles. The molecule has 3 aromatic rings. The number of carbonyl (C=O) groups is 2. The Balaban J connectivity index is 1.76. The van der Waals surface area contributed by atoms with Crippen LogP contribution in [0.3, 0.4) is 0 Å². The van der Waals surface area contributed by atoms with Crippen molar-refractivity contribution in [1.29, 1.82) is 0 Å². The monoisotopic (exact) mass is 366 g/mol. The van der Waals surface area contributed by atoms with Gasteiger partial charge in [0.25, 0.3) is 5.91 Å². The van der Waals surface area contributed by atoms with Crippen LogP contribution in [-0.2, 0) is 16.9 Å². The molecule has 1 atom stereocenters. The number of aryl methyl sites for hydroxylation is 2. The predicted octanol–water partition coefficient (Wildman–Crippen LogP) is 2.97. The van der Waals surface area contributed by atoms with Crippen molar-refractivity contribution in [2.45, 2.75) is 32.9 Å². The van der Waals surface area contributed by atoms with Gasteiger partial charge < -0.3 is 14.2 Å². The van der Waals surface area contributed by atoms with Crippen LogP contribution >= 0.6 is 0 Å². The van der Waals surface area contributed by atoms with Gasteiger partial charge in [0.1, 0.15) is 11.3 Å². The highest BCUT2D eigenvalue weighted by atomic mass is 16.4. The van der Waals surface area contributed by atoms with Crippen molar-refractivity contribution in [3.8, 4) is 0 Å². The standard InChI is InChI=1S/C20H18N2O5/c1-11-7-14-13(9-17(23)27-15(14)8-12(11)2)10-22-18(24)20(3,21-19(22)25)16-5-4-6-26-16/h4-9H,10H2,1-3H3,(H,21,25). The Bertz CT molecular complexity index is 1130. The molecule has 1 aromatic carbocycles. The molecule has 0 bridgehead atoms. The van der Waals surface area contributed by atoms with E-state index in [1.54, 1.807) is 25.1 Å². The third-order valence-corrected chi connectivity index (χ3v) is 5.06. The molecule has 1 N–H and O–H groups in total. The summed E-state index contributed by atoms with van der Waals surface area (Å²) in [5, 5.41) is 3.38. The van der Waals surface area contributed by atoms with Gasteiger partial charge in [-0.15, -0.1) is 0 Å². The van der Waals surface area contributed by atoms with E-state index in [1.165, 1.54) is 12.3 Å². The molecule has 138 valence electrons. The zero-order valence-electron chi connectivity index (χ0n) is 15.2. The summed E-state index contributed by atoms with van der Waals surface area (Å²) < 4.78 is 10.6. The molecule has 1 saturated heterocycles. The molecule has 0 aliphatic carbocycles. The number of rotatable bonds is 3. The molecule has 0 saturated carbocycles. The van der Waals surface area contributed by atoms with E-state index in [-0.39, 0.29) is 6.54 Å². The number of fused-ring (bicyclic) bond motifs is 1. The molecule has 1 aliphatic rings. The number of nitrogens with one attached hydrogen (secondary N) is 1. The first kappa shape index (κ1) is 17.1. The number of hydrogen-bond acceptors (Lipinski definition) is 5. The van der Waals surface area contributed by atoms with Crippen molar-refractivity contribution in [2.24, 2.45) is 0 Å². The maximum Gasteiger partial charge on any atom is 0.336 e. The summed E-state index contributed by atoms with van der Waals surface area (Å²) in [7, 11) is 0. The summed E-state index contributed by atoms with van der Waals surface area (Å²) in [6.45, 7) is 5.43. The summed E-state index contributed by atoms with van der Waals surface area (Å²) in [5.41, 5.74) is 1.19. The third-order valence-electron chi connectivity index (χ3n) is 5.06. The summed E-state index contributed by atoms with van der Waals surface area (Å²) in [6, 6.07) is 7.76. The van der Waals surface area contributed by atoms with Gasteiger partial charge in [0.15, 0.2) is 5.54 Å². The highest BCUT2D eigenvalue weighted by Crippen LogP contribution is 2.31. The van der Waals surface area contributed by atoms with Crippen LogP contribution in [-0.4, -0.2) is 16.8 Å². The second-order valence-corrected chi connectivity index (χ2v) is 6.95. The van der Waals surface area contributed by atoms with E-state index in [1.807, 2.05) is 19.9 Å². The summed E-state index contributed by atoms with van der Waals surface area (Å²) in [6.07, 6.45) is 1.45. The molecule has 2 aromatic heterocycles. The maximum atomic E-state index is 13.0. The van der Waals surface area contributed by atoms with Gasteiger partial charge in [0.05, 0.1) is 12.8 Å². The van der Waals surface area contributed by atoms with E-state index in [0.717, 1.165) is 16.0 Å². The first-order valence-corrected chi connectivity index (χ1v) is 8.51. The van der Waals surface area contributed by atoms with E-state index in [9.17, 15) is 14.4 Å². The lowest BCUT2D eigenvalue weighted by Crippen LogP contribution is -2.40. The molecule has 0 spiro atoms. The van der Waals surface area contributed by atoms with Gasteiger partial charge in [-0.3, -0.25) is 9.69 Å². The number of amides is 3. The van der Waals surface area contributed by atoms with Crippen LogP contribution in [0.1, 0.15) is 29.4 Å². The fourth-order valence-electron chi connectivity index (χ4n) is 3.35. The van der Waals surface area contributed by atoms with Gasteiger partial charge in [-0.25, -0.2) is 9.59 Å². The average Bonchev–Trinajstić information content (AvgIpc) is 3.21. The lowest BCUT2D eigenvalue weighted by molar-refractivity contribution is -0.132. The minimum Gasteiger partial charge on any atom is -0.466 e. The lowest BCUT2D eigenvalue weighted by Gasteiger charge is -2.19. The molecular formula is C20H18N2O5. The maximum absolute atomic E-state index is 13.0. The van der Waals surface area contributed by atoms with Crippen molar-refractivity contribution in [3.63, 3.8) is 0 Å². The Morgan fingerprint density at radius 2 is 1.85 bits per heavy atom. The van der Waals surface area contributed by atoms with Crippen molar-refractivity contribution >= 4 is 22.9 Å². The highest BCUT2D eigenvalue weighted by molar-refractivity contribution is 6.07. The van der Waals surface area contributed by atoms with E-state index in [0.29, 0.717) is 22.3 Å². The number of urea groups is 1. The van der Waals surface area contributed by atoms with Crippen LogP contribution in [0.25, 0.3) is 11.0 Å². The SMILES string of the molecule is Cc1cc2oc(=O)cc(CN3C(=O)NC(C)(c4ccco4)C3=O)c2cc1C. The van der Waals surface area contributed by atoms with Gasteiger partial charge in [-0.2, -0.15) is 0 Å². The number of benzene rings is 1. The zero-order chi connectivity index (χ0) is 19.3. The lowest BCUT2D eigenvalue weighted by atomic mass is 9.99. The van der Waals surface area contributed by atoms with E-state index in [4.69, 9.17) is 8.83 Å². The van der Waals surface area contributed by atoms with Crippen LogP contribution in [0.15, 0.2) is 50.2 Å². The second-order valence-electron chi connectivity index (χ2n) is 6.95. The second kappa shape index (κ2) is 5.84. The molecule has 4 rings (SSSR count). The molecule has 7 heteroatoms. The topological polar surface area (TPSA) is 92.8 Å². The fraction of sp³-hybridized carbons (Fsp3) is 0.250. The summed E-state index contributed by atoms with van der Waals surface area (Å²) >= 11 is 0. The molecule has 27 heavy (non-hydrogen) atoms. The predicted molar refractivity (Wildman–Crippen MR) is 97.1 cm³/mol. The molecule has 1 unspecified atom stereocenters. The molecule has 7 nitrogen and oxygen atoms in total. The fourth-order valence-corrected chi connectivity index (χ4v) is 3.35. The van der Waals surface area contributed by atoms with Crippen molar-refractivity contribution < 1.29 is 18.4 Å². The first-order valence-electron chi connectivity index (χ1n) is 8.51. The molecule has 1 aliphatic heterocycles. The Morgan fingerprint density at radius 1 is 1.11 bits per heavy atom. The third kappa shape index (κ3) is 2.63. The van der Waals surface area contributed by atoms with Gasteiger partial charge in [-0.1, -0.05) is 0 Å². The number of furan rings is 1. The smallest absolute Gasteiger partial charge is 0.336 e.